The first-order valence-electron chi connectivity index (χ1n) is 6.00. The molecule has 0 N–H and O–H groups in total. The van der Waals surface area contributed by atoms with E-state index in [0.717, 1.165) is 5.54 Å². The molecule has 0 bridgehead atoms. The summed E-state index contributed by atoms with van der Waals surface area (Å²) in [6, 6.07) is 1.43. The van der Waals surface area contributed by atoms with E-state index >= 15 is 0 Å². The van der Waals surface area contributed by atoms with Crippen molar-refractivity contribution < 1.29 is 0 Å². The normalized spacial score (nSPS) is 13.6. The van der Waals surface area contributed by atoms with Crippen molar-refractivity contribution in [2.45, 2.75) is 45.7 Å². The van der Waals surface area contributed by atoms with Crippen LogP contribution < -0.4 is 0 Å². The fourth-order valence-electron chi connectivity index (χ4n) is 1.81. The summed E-state index contributed by atoms with van der Waals surface area (Å²) in [5.41, 5.74) is 3.14. The Balaban J connectivity index is 3.65. The van der Waals surface area contributed by atoms with Crippen molar-refractivity contribution in [3.05, 3.63) is 12.3 Å². The van der Waals surface area contributed by atoms with Crippen LogP contribution >= 0.6 is 0 Å². The second kappa shape index (κ2) is 8.24. The molecule has 0 amide bonds. The van der Waals surface area contributed by atoms with Gasteiger partial charge in [0.15, 0.2) is 0 Å². The molecule has 0 aliphatic rings. The zero-order chi connectivity index (χ0) is 11.0. The summed E-state index contributed by atoms with van der Waals surface area (Å²) in [5.74, 6) is 0. The Labute approximate surface area is 91.8 Å². The van der Waals surface area contributed by atoms with E-state index in [1.165, 1.54) is 32.1 Å². The molecular formula is C12H27NSi. The summed E-state index contributed by atoms with van der Waals surface area (Å²) in [5, 5.41) is 0. The van der Waals surface area contributed by atoms with E-state index in [1.54, 1.807) is 0 Å². The summed E-state index contributed by atoms with van der Waals surface area (Å²) in [6.07, 6.45) is 1.36. The molecule has 0 heterocycles. The van der Waals surface area contributed by atoms with Crippen LogP contribution in [0.3, 0.4) is 0 Å². The molecule has 0 spiro atoms. The van der Waals surface area contributed by atoms with Crippen LogP contribution in [0.4, 0.5) is 0 Å². The smallest absolute Gasteiger partial charge is 0.0633 e. The third-order valence-corrected chi connectivity index (χ3v) is 6.46. The van der Waals surface area contributed by atoms with Crippen molar-refractivity contribution >= 4 is 8.80 Å². The van der Waals surface area contributed by atoms with Crippen molar-refractivity contribution in [2.75, 3.05) is 19.6 Å². The standard InChI is InChI=1S/C12H27NSi/c1-6-13(7-2)10-9-11-14(8-3)12(4)5/h8,12,14H,3,6-7,9-11H2,1-2,4-5H3. The van der Waals surface area contributed by atoms with Gasteiger partial charge in [-0.3, -0.25) is 0 Å². The Morgan fingerprint density at radius 1 is 1.29 bits per heavy atom. The van der Waals surface area contributed by atoms with E-state index in [9.17, 15) is 0 Å². The highest BCUT2D eigenvalue weighted by Crippen LogP contribution is 2.14. The van der Waals surface area contributed by atoms with Gasteiger partial charge in [0.25, 0.3) is 0 Å². The Bertz CT molecular complexity index is 141. The highest BCUT2D eigenvalue weighted by atomic mass is 28.3. The SMILES string of the molecule is C=C[SiH](CCCN(CC)CC)C(C)C. The zero-order valence-corrected chi connectivity index (χ0v) is 11.6. The molecule has 0 aromatic carbocycles. The fraction of sp³-hybridized carbons (Fsp3) is 0.833. The third-order valence-electron chi connectivity index (χ3n) is 3.07. The molecule has 0 saturated carbocycles. The Morgan fingerprint density at radius 3 is 2.21 bits per heavy atom. The minimum absolute atomic E-state index is 0.630. The number of rotatable bonds is 8. The maximum atomic E-state index is 3.97. The maximum Gasteiger partial charge on any atom is 0.0633 e. The van der Waals surface area contributed by atoms with Gasteiger partial charge in [0.2, 0.25) is 0 Å². The number of nitrogens with zero attached hydrogens (tertiary/aromatic N) is 1. The number of hydrogen-bond donors (Lipinski definition) is 0. The lowest BCUT2D eigenvalue weighted by Crippen LogP contribution is -2.25. The van der Waals surface area contributed by atoms with Gasteiger partial charge in [-0.1, -0.05) is 39.3 Å². The van der Waals surface area contributed by atoms with Crippen LogP contribution in [0.1, 0.15) is 34.1 Å². The predicted molar refractivity (Wildman–Crippen MR) is 69.7 cm³/mol. The van der Waals surface area contributed by atoms with Gasteiger partial charge in [-0.25, -0.2) is 0 Å². The van der Waals surface area contributed by atoms with Crippen molar-refractivity contribution in [1.29, 1.82) is 0 Å². The fourth-order valence-corrected chi connectivity index (χ4v) is 3.91. The summed E-state index contributed by atoms with van der Waals surface area (Å²) in [7, 11) is -0.630. The third kappa shape index (κ3) is 5.61. The van der Waals surface area contributed by atoms with E-state index < -0.39 is 8.80 Å². The van der Waals surface area contributed by atoms with Crippen LogP contribution in [-0.2, 0) is 0 Å². The largest absolute Gasteiger partial charge is 0.304 e. The molecule has 2 heteroatoms. The average molecular weight is 213 g/mol. The molecule has 0 aromatic rings. The molecule has 84 valence electrons. The Morgan fingerprint density at radius 2 is 1.86 bits per heavy atom. The Kier molecular flexibility index (Phi) is 8.19. The highest BCUT2D eigenvalue weighted by molar-refractivity contribution is 6.65. The van der Waals surface area contributed by atoms with Crippen LogP contribution in [0, 0.1) is 0 Å². The molecule has 1 nitrogen and oxygen atoms in total. The first-order valence-corrected chi connectivity index (χ1v) is 8.15. The monoisotopic (exact) mass is 213 g/mol. The molecule has 0 saturated heterocycles. The summed E-state index contributed by atoms with van der Waals surface area (Å²) in [4.78, 5) is 2.51. The molecule has 14 heavy (non-hydrogen) atoms. The van der Waals surface area contributed by atoms with Crippen LogP contribution in [0.25, 0.3) is 0 Å². The summed E-state index contributed by atoms with van der Waals surface area (Å²) < 4.78 is 0. The topological polar surface area (TPSA) is 3.24 Å². The molecule has 0 radical (unpaired) electrons. The predicted octanol–water partition coefficient (Wildman–Crippen LogP) is 3.08. The van der Waals surface area contributed by atoms with E-state index in [4.69, 9.17) is 0 Å². The second-order valence-corrected chi connectivity index (χ2v) is 8.02. The first kappa shape index (κ1) is 13.9. The molecule has 1 atom stereocenters. The Hall–Kier alpha value is -0.0831. The van der Waals surface area contributed by atoms with Crippen LogP contribution in [0.2, 0.25) is 11.6 Å². The molecule has 1 unspecified atom stereocenters. The molecule has 0 aromatic heterocycles. The van der Waals surface area contributed by atoms with Gasteiger partial charge >= 0.3 is 0 Å². The molecule has 0 rings (SSSR count). The van der Waals surface area contributed by atoms with Crippen molar-refractivity contribution in [1.82, 2.24) is 4.90 Å². The molecule has 0 fully saturated rings. The quantitative estimate of drug-likeness (QED) is 0.560. The second-order valence-electron chi connectivity index (χ2n) is 4.31. The lowest BCUT2D eigenvalue weighted by Gasteiger charge is -2.20. The molecular weight excluding hydrogens is 186 g/mol. The minimum atomic E-state index is -0.630. The minimum Gasteiger partial charge on any atom is -0.304 e. The molecule has 0 aliphatic carbocycles. The van der Waals surface area contributed by atoms with Gasteiger partial charge in [0.05, 0.1) is 8.80 Å². The van der Waals surface area contributed by atoms with Crippen LogP contribution in [0.15, 0.2) is 12.3 Å². The summed E-state index contributed by atoms with van der Waals surface area (Å²) >= 11 is 0. The number of hydrogen-bond acceptors (Lipinski definition) is 1. The van der Waals surface area contributed by atoms with Crippen molar-refractivity contribution in [3.8, 4) is 0 Å². The van der Waals surface area contributed by atoms with Gasteiger partial charge in [-0.2, -0.15) is 0 Å². The van der Waals surface area contributed by atoms with Crippen molar-refractivity contribution in [3.63, 3.8) is 0 Å². The lowest BCUT2D eigenvalue weighted by molar-refractivity contribution is 0.304. The van der Waals surface area contributed by atoms with Gasteiger partial charge in [-0.05, 0) is 26.1 Å². The lowest BCUT2D eigenvalue weighted by atomic mass is 10.4. The van der Waals surface area contributed by atoms with Crippen molar-refractivity contribution in [2.24, 2.45) is 0 Å². The van der Waals surface area contributed by atoms with Gasteiger partial charge < -0.3 is 4.90 Å². The zero-order valence-electron chi connectivity index (χ0n) is 10.4. The van der Waals surface area contributed by atoms with Crippen LogP contribution in [-0.4, -0.2) is 33.3 Å². The van der Waals surface area contributed by atoms with E-state index in [2.05, 4.69) is 44.9 Å². The highest BCUT2D eigenvalue weighted by Gasteiger charge is 2.10. The first-order chi connectivity index (χ1) is 6.65. The maximum absolute atomic E-state index is 3.97. The van der Waals surface area contributed by atoms with Gasteiger partial charge in [0, 0.05) is 0 Å². The van der Waals surface area contributed by atoms with Gasteiger partial charge in [-0.15, -0.1) is 12.3 Å². The van der Waals surface area contributed by atoms with Crippen LogP contribution in [0.5, 0.6) is 0 Å². The van der Waals surface area contributed by atoms with E-state index in [-0.39, 0.29) is 0 Å². The van der Waals surface area contributed by atoms with E-state index in [0.29, 0.717) is 0 Å². The van der Waals surface area contributed by atoms with Gasteiger partial charge in [0.1, 0.15) is 0 Å². The molecule has 0 aliphatic heterocycles. The average Bonchev–Trinajstić information content (AvgIpc) is 2.18. The van der Waals surface area contributed by atoms with E-state index in [1.807, 2.05) is 0 Å². The summed E-state index contributed by atoms with van der Waals surface area (Å²) in [6.45, 7) is 16.8.